The van der Waals surface area contributed by atoms with Crippen molar-refractivity contribution in [3.05, 3.63) is 0 Å². The third kappa shape index (κ3) is 1.56. The highest BCUT2D eigenvalue weighted by Crippen LogP contribution is 2.16. The van der Waals surface area contributed by atoms with E-state index in [9.17, 15) is 0 Å². The molecule has 0 aromatic rings. The summed E-state index contributed by atoms with van der Waals surface area (Å²) >= 11 is 2.24. The van der Waals surface area contributed by atoms with Crippen molar-refractivity contribution in [2.45, 2.75) is 23.0 Å². The van der Waals surface area contributed by atoms with E-state index in [1.165, 1.54) is 0 Å². The van der Waals surface area contributed by atoms with Crippen LogP contribution in [0.1, 0.15) is 12.8 Å². The van der Waals surface area contributed by atoms with Crippen LogP contribution in [0.25, 0.3) is 0 Å². The van der Waals surface area contributed by atoms with Crippen LogP contribution in [0.3, 0.4) is 0 Å². The lowest BCUT2D eigenvalue weighted by Crippen LogP contribution is -2.36. The van der Waals surface area contributed by atoms with Crippen molar-refractivity contribution in [1.82, 2.24) is 0 Å². The summed E-state index contributed by atoms with van der Waals surface area (Å²) in [6.45, 7) is 0.890. The normalized spacial score (nSPS) is 39.8. The van der Waals surface area contributed by atoms with E-state index in [1.54, 1.807) is 0 Å². The highest BCUT2D eigenvalue weighted by molar-refractivity contribution is 14.1. The van der Waals surface area contributed by atoms with Gasteiger partial charge in [0.15, 0.2) is 0 Å². The molecular formula is C5H10INO. The summed E-state index contributed by atoms with van der Waals surface area (Å²) in [5, 5.41) is 0. The molecule has 1 aliphatic heterocycles. The van der Waals surface area contributed by atoms with Crippen molar-refractivity contribution in [3.63, 3.8) is 0 Å². The maximum Gasteiger partial charge on any atom is 0.123 e. The summed E-state index contributed by atoms with van der Waals surface area (Å²) < 4.78 is 5.50. The van der Waals surface area contributed by atoms with Gasteiger partial charge in [0.05, 0.1) is 0 Å². The van der Waals surface area contributed by atoms with Crippen LogP contribution in [0, 0.1) is 0 Å². The Hall–Kier alpha value is 0.650. The summed E-state index contributed by atoms with van der Waals surface area (Å²) in [5.41, 5.74) is 5.65. The van der Waals surface area contributed by atoms with E-state index in [0.717, 1.165) is 19.4 Å². The predicted molar refractivity (Wildman–Crippen MR) is 41.0 cm³/mol. The molecule has 1 fully saturated rings. The average Bonchev–Trinajstić information content (AvgIpc) is 1.77. The molecule has 48 valence electrons. The summed E-state index contributed by atoms with van der Waals surface area (Å²) in [7, 11) is 0. The second kappa shape index (κ2) is 2.98. The summed E-state index contributed by atoms with van der Waals surface area (Å²) in [4.78, 5) is 0. The molecule has 1 heterocycles. The number of nitrogens with two attached hydrogens (primary N) is 1. The van der Waals surface area contributed by atoms with Crippen molar-refractivity contribution < 1.29 is 4.74 Å². The number of alkyl halides is 1. The SMILES string of the molecule is NC1CCCOC1I. The van der Waals surface area contributed by atoms with Gasteiger partial charge in [0.2, 0.25) is 0 Å². The van der Waals surface area contributed by atoms with Crippen molar-refractivity contribution in [3.8, 4) is 0 Å². The predicted octanol–water partition coefficient (Wildman–Crippen LogP) is 0.885. The first-order valence-electron chi connectivity index (χ1n) is 2.82. The molecule has 0 radical (unpaired) electrons. The van der Waals surface area contributed by atoms with Crippen LogP contribution < -0.4 is 5.73 Å². The largest absolute Gasteiger partial charge is 0.366 e. The Bertz CT molecular complexity index is 68.8. The van der Waals surface area contributed by atoms with Gasteiger partial charge in [0.1, 0.15) is 4.11 Å². The van der Waals surface area contributed by atoms with Gasteiger partial charge >= 0.3 is 0 Å². The topological polar surface area (TPSA) is 35.2 Å². The molecule has 0 aromatic heterocycles. The lowest BCUT2D eigenvalue weighted by Gasteiger charge is -2.23. The molecule has 0 aromatic carbocycles. The summed E-state index contributed by atoms with van der Waals surface area (Å²) in [5.74, 6) is 0. The maximum atomic E-state index is 5.65. The number of ether oxygens (including phenoxy) is 1. The Morgan fingerprint density at radius 1 is 1.62 bits per heavy atom. The van der Waals surface area contributed by atoms with Crippen molar-refractivity contribution in [2.24, 2.45) is 5.73 Å². The van der Waals surface area contributed by atoms with E-state index >= 15 is 0 Å². The van der Waals surface area contributed by atoms with E-state index in [-0.39, 0.29) is 10.2 Å². The van der Waals surface area contributed by atoms with Crippen molar-refractivity contribution in [1.29, 1.82) is 0 Å². The Morgan fingerprint density at radius 2 is 2.38 bits per heavy atom. The van der Waals surface area contributed by atoms with E-state index < -0.39 is 0 Å². The van der Waals surface area contributed by atoms with E-state index in [2.05, 4.69) is 22.6 Å². The molecule has 1 aliphatic rings. The number of hydrogen-bond acceptors (Lipinski definition) is 2. The Kier molecular flexibility index (Phi) is 2.52. The van der Waals surface area contributed by atoms with Crippen LogP contribution in [0.4, 0.5) is 0 Å². The molecule has 2 unspecified atom stereocenters. The quantitative estimate of drug-likeness (QED) is 0.492. The fourth-order valence-electron chi connectivity index (χ4n) is 0.770. The van der Waals surface area contributed by atoms with Gasteiger partial charge < -0.3 is 10.5 Å². The Morgan fingerprint density at radius 3 is 2.75 bits per heavy atom. The first-order valence-corrected chi connectivity index (χ1v) is 4.06. The van der Waals surface area contributed by atoms with Gasteiger partial charge in [-0.1, -0.05) is 0 Å². The second-order valence-corrected chi connectivity index (χ2v) is 3.26. The van der Waals surface area contributed by atoms with Crippen LogP contribution in [0.2, 0.25) is 0 Å². The molecule has 0 bridgehead atoms. The zero-order valence-electron chi connectivity index (χ0n) is 4.64. The maximum absolute atomic E-state index is 5.65. The second-order valence-electron chi connectivity index (χ2n) is 2.03. The minimum atomic E-state index is 0.251. The van der Waals surface area contributed by atoms with Gasteiger partial charge in [-0.2, -0.15) is 0 Å². The van der Waals surface area contributed by atoms with Gasteiger partial charge in [-0.3, -0.25) is 0 Å². The molecular weight excluding hydrogens is 217 g/mol. The minimum Gasteiger partial charge on any atom is -0.366 e. The first kappa shape index (κ1) is 6.77. The lowest BCUT2D eigenvalue weighted by atomic mass is 10.1. The molecule has 0 aliphatic carbocycles. The zero-order chi connectivity index (χ0) is 5.98. The van der Waals surface area contributed by atoms with Gasteiger partial charge in [-0.05, 0) is 35.4 Å². The highest BCUT2D eigenvalue weighted by Gasteiger charge is 2.18. The third-order valence-electron chi connectivity index (χ3n) is 1.30. The van der Waals surface area contributed by atoms with Gasteiger partial charge in [0, 0.05) is 12.6 Å². The van der Waals surface area contributed by atoms with Gasteiger partial charge in [-0.15, -0.1) is 0 Å². The standard InChI is InChI=1S/C5H10INO/c6-5-4(7)2-1-3-8-5/h4-5H,1-3,7H2. The molecule has 1 saturated heterocycles. The van der Waals surface area contributed by atoms with Crippen LogP contribution in [-0.4, -0.2) is 16.8 Å². The minimum absolute atomic E-state index is 0.251. The van der Waals surface area contributed by atoms with Gasteiger partial charge in [0.25, 0.3) is 0 Å². The molecule has 2 N–H and O–H groups in total. The average molecular weight is 227 g/mol. The van der Waals surface area contributed by atoms with Gasteiger partial charge in [-0.25, -0.2) is 0 Å². The molecule has 3 heteroatoms. The smallest absolute Gasteiger partial charge is 0.123 e. The van der Waals surface area contributed by atoms with Crippen molar-refractivity contribution >= 4 is 22.6 Å². The number of hydrogen-bond donors (Lipinski definition) is 1. The van der Waals surface area contributed by atoms with E-state index in [0.29, 0.717) is 0 Å². The zero-order valence-corrected chi connectivity index (χ0v) is 6.80. The number of halogens is 1. The Labute approximate surface area is 62.9 Å². The fourth-order valence-corrected chi connectivity index (χ4v) is 1.38. The summed E-state index contributed by atoms with van der Waals surface area (Å²) in [6, 6.07) is 0.268. The molecule has 0 spiro atoms. The molecule has 1 rings (SSSR count). The molecule has 0 saturated carbocycles. The molecule has 0 amide bonds. The van der Waals surface area contributed by atoms with E-state index in [4.69, 9.17) is 10.5 Å². The van der Waals surface area contributed by atoms with Crippen LogP contribution in [0.5, 0.6) is 0 Å². The first-order chi connectivity index (χ1) is 3.80. The summed E-state index contributed by atoms with van der Waals surface area (Å²) in [6.07, 6.45) is 2.24. The third-order valence-corrected chi connectivity index (χ3v) is 2.58. The van der Waals surface area contributed by atoms with Crippen LogP contribution in [0.15, 0.2) is 0 Å². The molecule has 8 heavy (non-hydrogen) atoms. The van der Waals surface area contributed by atoms with Crippen LogP contribution in [-0.2, 0) is 4.74 Å². The highest BCUT2D eigenvalue weighted by atomic mass is 127. The lowest BCUT2D eigenvalue weighted by molar-refractivity contribution is 0.0686. The Balaban J connectivity index is 2.28. The molecule has 2 atom stereocenters. The van der Waals surface area contributed by atoms with E-state index in [1.807, 2.05) is 0 Å². The number of rotatable bonds is 0. The van der Waals surface area contributed by atoms with Crippen LogP contribution >= 0.6 is 22.6 Å². The fraction of sp³-hybridized carbons (Fsp3) is 1.00. The molecule has 2 nitrogen and oxygen atoms in total. The van der Waals surface area contributed by atoms with Crippen molar-refractivity contribution in [2.75, 3.05) is 6.61 Å². The monoisotopic (exact) mass is 227 g/mol.